The topological polar surface area (TPSA) is 78.4 Å². The van der Waals surface area contributed by atoms with Crippen LogP contribution in [0.25, 0.3) is 0 Å². The summed E-state index contributed by atoms with van der Waals surface area (Å²) in [6, 6.07) is -0.271. The highest BCUT2D eigenvalue weighted by atomic mass is 32.2. The molecular formula is C13H24N2O3S. The van der Waals surface area contributed by atoms with Crippen LogP contribution < -0.4 is 10.6 Å². The first-order valence-electron chi connectivity index (χ1n) is 6.74. The Morgan fingerprint density at radius 1 is 1.26 bits per heavy atom. The van der Waals surface area contributed by atoms with Gasteiger partial charge in [-0.2, -0.15) is 11.8 Å². The van der Waals surface area contributed by atoms with Gasteiger partial charge in [0.15, 0.2) is 0 Å². The number of urea groups is 1. The summed E-state index contributed by atoms with van der Waals surface area (Å²) in [5.41, 5.74) is -0.705. The van der Waals surface area contributed by atoms with Crippen molar-refractivity contribution < 1.29 is 14.7 Å². The molecule has 110 valence electrons. The summed E-state index contributed by atoms with van der Waals surface area (Å²) < 4.78 is 0.0708. The van der Waals surface area contributed by atoms with Gasteiger partial charge in [-0.25, -0.2) is 4.79 Å². The number of thioether (sulfide) groups is 1. The van der Waals surface area contributed by atoms with E-state index in [9.17, 15) is 9.59 Å². The second-order valence-electron chi connectivity index (χ2n) is 5.22. The number of hydrogen-bond acceptors (Lipinski definition) is 3. The van der Waals surface area contributed by atoms with Crippen LogP contribution >= 0.6 is 11.8 Å². The summed E-state index contributed by atoms with van der Waals surface area (Å²) in [7, 11) is 0. The zero-order valence-corrected chi connectivity index (χ0v) is 12.7. The number of carboxylic acids is 1. The molecular weight excluding hydrogens is 264 g/mol. The molecule has 19 heavy (non-hydrogen) atoms. The highest BCUT2D eigenvalue weighted by Crippen LogP contribution is 2.45. The van der Waals surface area contributed by atoms with Crippen molar-refractivity contribution in [2.24, 2.45) is 5.41 Å². The maximum absolute atomic E-state index is 11.7. The quantitative estimate of drug-likeness (QED) is 0.639. The Balaban J connectivity index is 2.34. The Labute approximate surface area is 118 Å². The lowest BCUT2D eigenvalue weighted by Crippen LogP contribution is -2.46. The molecule has 5 nitrogen and oxygen atoms in total. The molecule has 0 aromatic carbocycles. The highest BCUT2D eigenvalue weighted by Gasteiger charge is 2.50. The number of hydrogen-bond donors (Lipinski definition) is 3. The van der Waals surface area contributed by atoms with Crippen LogP contribution in [0.2, 0.25) is 0 Å². The first kappa shape index (κ1) is 16.1. The predicted octanol–water partition coefficient (Wildman–Crippen LogP) is 2.07. The molecule has 0 aromatic heterocycles. The van der Waals surface area contributed by atoms with Gasteiger partial charge in [0, 0.05) is 17.8 Å². The SMILES string of the molecule is CCC(CC)(CNC(=O)NCC1(C(=O)O)CC1)SC. The molecule has 0 bridgehead atoms. The molecule has 6 heteroatoms. The van der Waals surface area contributed by atoms with Gasteiger partial charge >= 0.3 is 12.0 Å². The van der Waals surface area contributed by atoms with E-state index in [0.29, 0.717) is 19.4 Å². The van der Waals surface area contributed by atoms with Gasteiger partial charge in [0.1, 0.15) is 0 Å². The third-order valence-electron chi connectivity index (χ3n) is 4.19. The normalized spacial score (nSPS) is 16.8. The molecule has 0 unspecified atom stereocenters. The van der Waals surface area contributed by atoms with E-state index >= 15 is 0 Å². The van der Waals surface area contributed by atoms with Gasteiger partial charge < -0.3 is 15.7 Å². The predicted molar refractivity (Wildman–Crippen MR) is 77.5 cm³/mol. The Morgan fingerprint density at radius 3 is 2.21 bits per heavy atom. The van der Waals surface area contributed by atoms with E-state index < -0.39 is 11.4 Å². The van der Waals surface area contributed by atoms with Crippen LogP contribution in [0.15, 0.2) is 0 Å². The Morgan fingerprint density at radius 2 is 1.84 bits per heavy atom. The lowest BCUT2D eigenvalue weighted by Gasteiger charge is -2.29. The summed E-state index contributed by atoms with van der Waals surface area (Å²) in [4.78, 5) is 22.7. The van der Waals surface area contributed by atoms with Crippen molar-refractivity contribution in [3.63, 3.8) is 0 Å². The van der Waals surface area contributed by atoms with Gasteiger partial charge in [-0.1, -0.05) is 13.8 Å². The smallest absolute Gasteiger partial charge is 0.314 e. The van der Waals surface area contributed by atoms with Crippen LogP contribution in [0.3, 0.4) is 0 Å². The van der Waals surface area contributed by atoms with E-state index in [2.05, 4.69) is 30.7 Å². The van der Waals surface area contributed by atoms with Gasteiger partial charge in [0.05, 0.1) is 5.41 Å². The van der Waals surface area contributed by atoms with E-state index in [4.69, 9.17) is 5.11 Å². The lowest BCUT2D eigenvalue weighted by molar-refractivity contribution is -0.143. The van der Waals surface area contributed by atoms with Crippen molar-refractivity contribution in [2.75, 3.05) is 19.3 Å². The number of carboxylic acid groups (broad SMARTS) is 1. The molecule has 0 radical (unpaired) electrons. The van der Waals surface area contributed by atoms with Crippen molar-refractivity contribution in [3.8, 4) is 0 Å². The number of rotatable bonds is 8. The van der Waals surface area contributed by atoms with Crippen molar-refractivity contribution in [2.45, 2.75) is 44.3 Å². The standard InChI is InChI=1S/C13H24N2O3S/c1-4-13(5-2,19-3)9-15-11(18)14-8-12(6-7-12)10(16)17/h4-9H2,1-3H3,(H,16,17)(H2,14,15,18). The fourth-order valence-corrected chi connectivity index (χ4v) is 2.83. The Kier molecular flexibility index (Phi) is 5.52. The minimum absolute atomic E-state index is 0.0708. The maximum Gasteiger partial charge on any atom is 0.314 e. The van der Waals surface area contributed by atoms with Crippen molar-refractivity contribution in [3.05, 3.63) is 0 Å². The Hall–Kier alpha value is -0.910. The largest absolute Gasteiger partial charge is 0.481 e. The summed E-state index contributed by atoms with van der Waals surface area (Å²) in [5.74, 6) is -0.812. The molecule has 0 saturated heterocycles. The van der Waals surface area contributed by atoms with Crippen LogP contribution in [-0.4, -0.2) is 41.2 Å². The van der Waals surface area contributed by atoms with E-state index in [0.717, 1.165) is 12.8 Å². The molecule has 1 aliphatic rings. The summed E-state index contributed by atoms with van der Waals surface area (Å²) >= 11 is 1.76. The maximum atomic E-state index is 11.7. The summed E-state index contributed by atoms with van der Waals surface area (Å²) in [6.45, 7) is 5.05. The van der Waals surface area contributed by atoms with Gasteiger partial charge in [-0.3, -0.25) is 4.79 Å². The fraction of sp³-hybridized carbons (Fsp3) is 0.846. The zero-order chi connectivity index (χ0) is 14.5. The molecule has 1 aliphatic carbocycles. The minimum atomic E-state index is -0.812. The third kappa shape index (κ3) is 4.03. The first-order valence-corrected chi connectivity index (χ1v) is 7.96. The summed E-state index contributed by atoms with van der Waals surface area (Å²) in [6.07, 6.45) is 5.34. The van der Waals surface area contributed by atoms with Crippen LogP contribution in [0.1, 0.15) is 39.5 Å². The van der Waals surface area contributed by atoms with E-state index in [1.54, 1.807) is 11.8 Å². The fourth-order valence-electron chi connectivity index (χ4n) is 2.03. The van der Waals surface area contributed by atoms with Gasteiger partial charge in [-0.05, 0) is 31.9 Å². The van der Waals surface area contributed by atoms with Crippen LogP contribution in [0, 0.1) is 5.41 Å². The number of amides is 2. The molecule has 1 rings (SSSR count). The highest BCUT2D eigenvalue weighted by molar-refractivity contribution is 8.00. The molecule has 0 heterocycles. The van der Waals surface area contributed by atoms with Crippen molar-refractivity contribution >= 4 is 23.8 Å². The van der Waals surface area contributed by atoms with Crippen LogP contribution in [0.4, 0.5) is 4.79 Å². The molecule has 3 N–H and O–H groups in total. The third-order valence-corrected chi connectivity index (χ3v) is 5.78. The molecule has 0 atom stereocenters. The van der Waals surface area contributed by atoms with E-state index in [1.807, 2.05) is 0 Å². The minimum Gasteiger partial charge on any atom is -0.481 e. The second-order valence-corrected chi connectivity index (χ2v) is 6.49. The molecule has 0 aromatic rings. The number of carbonyl (C=O) groups is 2. The first-order chi connectivity index (χ1) is 8.93. The van der Waals surface area contributed by atoms with Crippen LogP contribution in [-0.2, 0) is 4.79 Å². The van der Waals surface area contributed by atoms with Gasteiger partial charge in [0.25, 0.3) is 0 Å². The van der Waals surface area contributed by atoms with Crippen molar-refractivity contribution in [1.29, 1.82) is 0 Å². The van der Waals surface area contributed by atoms with E-state index in [1.165, 1.54) is 0 Å². The average Bonchev–Trinajstić information content (AvgIpc) is 3.20. The van der Waals surface area contributed by atoms with Gasteiger partial charge in [-0.15, -0.1) is 0 Å². The average molecular weight is 288 g/mol. The van der Waals surface area contributed by atoms with Crippen LogP contribution in [0.5, 0.6) is 0 Å². The monoisotopic (exact) mass is 288 g/mol. The molecule has 1 fully saturated rings. The molecule has 1 saturated carbocycles. The van der Waals surface area contributed by atoms with Gasteiger partial charge in [0.2, 0.25) is 0 Å². The number of aliphatic carboxylic acids is 1. The van der Waals surface area contributed by atoms with Crippen molar-refractivity contribution in [1.82, 2.24) is 10.6 Å². The lowest BCUT2D eigenvalue weighted by atomic mass is 10.0. The number of carbonyl (C=O) groups excluding carboxylic acids is 1. The zero-order valence-electron chi connectivity index (χ0n) is 11.9. The second kappa shape index (κ2) is 6.50. The van der Waals surface area contributed by atoms with E-state index in [-0.39, 0.29) is 17.3 Å². The summed E-state index contributed by atoms with van der Waals surface area (Å²) in [5, 5.41) is 14.5. The Bertz CT molecular complexity index is 331. The molecule has 2 amide bonds. The number of nitrogens with one attached hydrogen (secondary N) is 2. The molecule has 0 aliphatic heterocycles. The molecule has 0 spiro atoms.